The van der Waals surface area contributed by atoms with E-state index in [9.17, 15) is 25.2 Å². The number of aromatic nitrogens is 3. The summed E-state index contributed by atoms with van der Waals surface area (Å²) in [5.41, 5.74) is 6.80. The number of hydrogen-bond acceptors (Lipinski definition) is 1. The molecule has 2 heterocycles. The van der Waals surface area contributed by atoms with Crippen LogP contribution in [0.1, 0.15) is 56.6 Å². The van der Waals surface area contributed by atoms with Gasteiger partial charge < -0.3 is 4.98 Å². The number of rotatable bonds is 10. The average Bonchev–Trinajstić information content (AvgIpc) is 3.27. The standard InChI is InChI=1S/C24H32N3.F6P/c1-3-5-12-23-16-21(20-10-8-7-9-11-20)17-24(13-6-4-2)27(23)15-14-22-18-25-19-26-22;1-7(2,3,4,5)6/h7-11,16-19H,3-6,12-15H2,1-2H3,(H,25,26);/q+1;-1. The number of unbranched alkanes of at least 4 members (excludes halogenated alkanes) is 2. The van der Waals surface area contributed by atoms with Crippen molar-refractivity contribution in [1.82, 2.24) is 9.97 Å². The van der Waals surface area contributed by atoms with Crippen molar-refractivity contribution >= 4 is 7.81 Å². The van der Waals surface area contributed by atoms with E-state index in [2.05, 4.69) is 70.8 Å². The molecular weight excluding hydrogens is 475 g/mol. The van der Waals surface area contributed by atoms with Crippen LogP contribution in [0.15, 0.2) is 55.0 Å². The van der Waals surface area contributed by atoms with Gasteiger partial charge in [-0.15, -0.1) is 0 Å². The molecule has 0 aliphatic rings. The summed E-state index contributed by atoms with van der Waals surface area (Å²) in [5, 5.41) is 0. The summed E-state index contributed by atoms with van der Waals surface area (Å²) in [6.07, 6.45) is 11.9. The Labute approximate surface area is 196 Å². The van der Waals surface area contributed by atoms with Crippen LogP contribution in [0.4, 0.5) is 25.2 Å². The van der Waals surface area contributed by atoms with Crippen molar-refractivity contribution in [2.75, 3.05) is 0 Å². The van der Waals surface area contributed by atoms with Crippen molar-refractivity contribution in [2.45, 2.75) is 65.3 Å². The van der Waals surface area contributed by atoms with Crippen LogP contribution < -0.4 is 4.57 Å². The third kappa shape index (κ3) is 11.6. The van der Waals surface area contributed by atoms with Crippen LogP contribution in [0.5, 0.6) is 0 Å². The van der Waals surface area contributed by atoms with Gasteiger partial charge in [0.25, 0.3) is 0 Å². The van der Waals surface area contributed by atoms with Crippen molar-refractivity contribution in [3.63, 3.8) is 0 Å². The minimum absolute atomic E-state index is 0.994. The van der Waals surface area contributed by atoms with Gasteiger partial charge in [0.15, 0.2) is 17.9 Å². The predicted molar refractivity (Wildman–Crippen MR) is 125 cm³/mol. The molecule has 3 nitrogen and oxygen atoms in total. The third-order valence-electron chi connectivity index (χ3n) is 5.18. The van der Waals surface area contributed by atoms with E-state index < -0.39 is 7.81 Å². The zero-order chi connectivity index (χ0) is 25.3. The maximum atomic E-state index is 9.87. The first kappa shape index (κ1) is 27.8. The molecule has 3 rings (SSSR count). The summed E-state index contributed by atoms with van der Waals surface area (Å²) in [4.78, 5) is 7.41. The van der Waals surface area contributed by atoms with E-state index in [0.29, 0.717) is 0 Å². The second-order valence-corrected chi connectivity index (χ2v) is 10.2. The fourth-order valence-corrected chi connectivity index (χ4v) is 3.61. The fourth-order valence-electron chi connectivity index (χ4n) is 3.61. The van der Waals surface area contributed by atoms with Gasteiger partial charge in [0.05, 0.1) is 6.33 Å². The Hall–Kier alpha value is -2.41. The van der Waals surface area contributed by atoms with E-state index in [0.717, 1.165) is 25.8 Å². The maximum absolute atomic E-state index is 10.7. The van der Waals surface area contributed by atoms with E-state index in [1.807, 2.05) is 6.20 Å². The van der Waals surface area contributed by atoms with Crippen molar-refractivity contribution in [3.8, 4) is 11.1 Å². The molecule has 0 fully saturated rings. The topological polar surface area (TPSA) is 32.6 Å². The van der Waals surface area contributed by atoms with E-state index in [1.165, 1.54) is 53.9 Å². The van der Waals surface area contributed by atoms with E-state index in [1.54, 1.807) is 6.33 Å². The van der Waals surface area contributed by atoms with E-state index in [4.69, 9.17) is 0 Å². The monoisotopic (exact) mass is 507 g/mol. The number of aryl methyl sites for hydroxylation is 3. The first-order chi connectivity index (χ1) is 15.8. The van der Waals surface area contributed by atoms with E-state index in [-0.39, 0.29) is 0 Å². The molecule has 0 spiro atoms. The Morgan fingerprint density at radius 1 is 0.794 bits per heavy atom. The molecule has 1 N–H and O–H groups in total. The normalized spacial score (nSPS) is 13.5. The Bertz CT molecular complexity index is 980. The summed E-state index contributed by atoms with van der Waals surface area (Å²) >= 11 is 0. The van der Waals surface area contributed by atoms with Crippen LogP contribution in [0.25, 0.3) is 11.1 Å². The van der Waals surface area contributed by atoms with Gasteiger partial charge in [-0.1, -0.05) is 57.0 Å². The summed E-state index contributed by atoms with van der Waals surface area (Å²) < 4.78 is 61.8. The van der Waals surface area contributed by atoms with Crippen molar-refractivity contribution in [1.29, 1.82) is 0 Å². The van der Waals surface area contributed by atoms with Gasteiger partial charge in [-0.3, -0.25) is 0 Å². The molecule has 0 bridgehead atoms. The summed E-state index contributed by atoms with van der Waals surface area (Å²) in [6, 6.07) is 15.6. The molecule has 0 aliphatic carbocycles. The van der Waals surface area contributed by atoms with Crippen molar-refractivity contribution in [3.05, 3.63) is 72.1 Å². The minimum atomic E-state index is -10.7. The Morgan fingerprint density at radius 3 is 1.76 bits per heavy atom. The number of nitrogens with zero attached hydrogens (tertiary/aromatic N) is 2. The summed E-state index contributed by atoms with van der Waals surface area (Å²) in [6.45, 7) is 5.55. The molecule has 0 radical (unpaired) electrons. The molecule has 2 aromatic heterocycles. The number of imidazole rings is 1. The SMILES string of the molecule is CCCCc1cc(-c2ccccc2)cc(CCCC)[n+]1CCc1cnc[nH]1.F[P-](F)(F)(F)(F)F. The fraction of sp³-hybridized carbons (Fsp3) is 0.417. The second kappa shape index (κ2) is 10.9. The number of hydrogen-bond donors (Lipinski definition) is 1. The predicted octanol–water partition coefficient (Wildman–Crippen LogP) is 8.67. The molecule has 0 atom stereocenters. The van der Waals surface area contributed by atoms with Gasteiger partial charge in [-0.25, -0.2) is 4.98 Å². The van der Waals surface area contributed by atoms with Crippen LogP contribution in [-0.2, 0) is 25.8 Å². The Morgan fingerprint density at radius 2 is 1.32 bits per heavy atom. The quantitative estimate of drug-likeness (QED) is 0.166. The van der Waals surface area contributed by atoms with Gasteiger partial charge in [-0.05, 0) is 24.0 Å². The zero-order valence-electron chi connectivity index (χ0n) is 19.5. The zero-order valence-corrected chi connectivity index (χ0v) is 20.4. The van der Waals surface area contributed by atoms with E-state index >= 15 is 0 Å². The first-order valence-corrected chi connectivity index (χ1v) is 13.4. The van der Waals surface area contributed by atoms with Crippen molar-refractivity contribution < 1.29 is 29.7 Å². The van der Waals surface area contributed by atoms with Gasteiger partial charge in [0, 0.05) is 43.3 Å². The molecule has 0 saturated carbocycles. The molecule has 1 aromatic carbocycles. The number of nitrogens with one attached hydrogen (secondary N) is 1. The van der Waals surface area contributed by atoms with Crippen LogP contribution in [0, 0.1) is 0 Å². The molecule has 3 aromatic rings. The molecular formula is C24H32F6N3P. The third-order valence-corrected chi connectivity index (χ3v) is 5.18. The number of benzene rings is 1. The first-order valence-electron chi connectivity index (χ1n) is 11.4. The Kier molecular flexibility index (Phi) is 8.92. The number of H-pyrrole nitrogens is 1. The van der Waals surface area contributed by atoms with Crippen LogP contribution >= 0.6 is 7.81 Å². The van der Waals surface area contributed by atoms with Gasteiger partial charge >= 0.3 is 33.0 Å². The molecule has 0 unspecified atom stereocenters. The van der Waals surface area contributed by atoms with Crippen molar-refractivity contribution in [2.24, 2.45) is 0 Å². The summed E-state index contributed by atoms with van der Waals surface area (Å²) in [7, 11) is -10.7. The molecule has 34 heavy (non-hydrogen) atoms. The van der Waals surface area contributed by atoms with Crippen LogP contribution in [0.3, 0.4) is 0 Å². The molecule has 0 saturated heterocycles. The van der Waals surface area contributed by atoms with Gasteiger partial charge in [0.2, 0.25) is 0 Å². The molecule has 10 heteroatoms. The number of halogens is 6. The van der Waals surface area contributed by atoms with Crippen LogP contribution in [0.2, 0.25) is 0 Å². The number of aromatic amines is 1. The molecule has 0 amide bonds. The van der Waals surface area contributed by atoms with Crippen LogP contribution in [-0.4, -0.2) is 9.97 Å². The average molecular weight is 508 g/mol. The Balaban J connectivity index is 0.000000509. The number of pyridine rings is 1. The molecule has 0 aliphatic heterocycles. The van der Waals surface area contributed by atoms with Gasteiger partial charge in [0.1, 0.15) is 0 Å². The summed E-state index contributed by atoms with van der Waals surface area (Å²) in [5.74, 6) is 0. The molecule has 190 valence electrons. The van der Waals surface area contributed by atoms with Gasteiger partial charge in [-0.2, -0.15) is 4.57 Å². The second-order valence-electron chi connectivity index (χ2n) is 8.24.